The number of aromatic nitrogens is 1. The molecule has 0 spiro atoms. The van der Waals surface area contributed by atoms with Crippen molar-refractivity contribution < 1.29 is 0 Å². The van der Waals surface area contributed by atoms with Crippen LogP contribution in [0.4, 0.5) is 0 Å². The van der Waals surface area contributed by atoms with Crippen LogP contribution in [0.5, 0.6) is 0 Å². The highest BCUT2D eigenvalue weighted by Crippen LogP contribution is 2.47. The predicted molar refractivity (Wildman–Crippen MR) is 257 cm³/mol. The number of fused-ring (bicyclic) bond motifs is 5. The number of aryl methyl sites for hydroxylation is 6. The van der Waals surface area contributed by atoms with Gasteiger partial charge in [-0.1, -0.05) is 196 Å². The second-order valence-electron chi connectivity index (χ2n) is 17.5. The number of hydrogen-bond acceptors (Lipinski definition) is 0. The molecule has 0 aliphatic carbocycles. The Labute approximate surface area is 347 Å². The van der Waals surface area contributed by atoms with Crippen LogP contribution in [0, 0.1) is 41.5 Å². The number of para-hydroxylation sites is 1. The first-order valence-electron chi connectivity index (χ1n) is 21.2. The lowest BCUT2D eigenvalue weighted by Gasteiger charge is -2.37. The molecule has 2 aliphatic heterocycles. The largest absolute Gasteiger partial charge is 0.311 e. The van der Waals surface area contributed by atoms with Gasteiger partial charge in [0.15, 0.2) is 0 Å². The molecule has 0 amide bonds. The topological polar surface area (TPSA) is 4.93 Å². The van der Waals surface area contributed by atoms with Gasteiger partial charge in [-0.15, -0.1) is 0 Å². The first kappa shape index (κ1) is 34.5. The van der Waals surface area contributed by atoms with E-state index in [0.29, 0.717) is 0 Å². The van der Waals surface area contributed by atoms with Crippen molar-refractivity contribution in [3.8, 4) is 27.9 Å². The van der Waals surface area contributed by atoms with E-state index in [1.54, 1.807) is 0 Å². The Bertz CT molecular complexity index is 3180. The lowest BCUT2D eigenvalue weighted by molar-refractivity contribution is 1.20. The van der Waals surface area contributed by atoms with E-state index < -0.39 is 0 Å². The first-order chi connectivity index (χ1) is 28.8. The smallest absolute Gasteiger partial charge is 0.248 e. The Morgan fingerprint density at radius 3 is 1.10 bits per heavy atom. The fraction of sp³-hybridized carbons (Fsp3) is 0.107. The molecule has 2 aliphatic rings. The monoisotopic (exact) mass is 751 g/mol. The standard InChI is InChI=1S/C56H43B2N/c1-32-28-34(3)50(35(4)29-32)57-44-26-17-27-45-54(44)59-55-48(42-24-15-13-22-40(42)46(52(55)57)38-18-9-7-10-19-38)49-43-25-16-14-23-41(43)47(39-20-11-8-12-21-39)53(56(49)59)58(45)51-36(5)30-33(2)31-37(51)6/h7-31H,1-6H3. The van der Waals surface area contributed by atoms with Crippen molar-refractivity contribution in [2.24, 2.45) is 0 Å². The van der Waals surface area contributed by atoms with Crippen LogP contribution in [0.3, 0.4) is 0 Å². The Kier molecular flexibility index (Phi) is 7.28. The van der Waals surface area contributed by atoms with Crippen LogP contribution in [0.15, 0.2) is 152 Å². The summed E-state index contributed by atoms with van der Waals surface area (Å²) in [5.41, 5.74) is 25.8. The molecule has 10 aromatic rings. The molecular weight excluding hydrogens is 708 g/mol. The summed E-state index contributed by atoms with van der Waals surface area (Å²) < 4.78 is 2.77. The van der Waals surface area contributed by atoms with Gasteiger partial charge < -0.3 is 4.57 Å². The maximum atomic E-state index is 2.77. The van der Waals surface area contributed by atoms with Gasteiger partial charge in [0.2, 0.25) is 13.4 Å². The highest BCUT2D eigenvalue weighted by atomic mass is 15.0. The SMILES string of the molecule is Cc1cc(C)c(B2c3cccc4c3-n3c5c2c(-c2ccccc2)c2ccccc2c5c2c5ccccc5c(-c5ccccc5)c(c23)B4c2c(C)cc(C)cc2C)c(C)c1. The number of rotatable bonds is 4. The summed E-state index contributed by atoms with van der Waals surface area (Å²) in [6, 6.07) is 57.9. The Hall–Kier alpha value is -6.57. The van der Waals surface area contributed by atoms with Crippen LogP contribution < -0.4 is 32.8 Å². The molecule has 0 saturated carbocycles. The predicted octanol–water partition coefficient (Wildman–Crippen LogP) is 9.93. The molecule has 0 atom stereocenters. The maximum Gasteiger partial charge on any atom is 0.248 e. The van der Waals surface area contributed by atoms with Gasteiger partial charge in [-0.3, -0.25) is 0 Å². The Balaban J connectivity index is 1.44. The Morgan fingerprint density at radius 2 is 0.712 bits per heavy atom. The molecule has 1 nitrogen and oxygen atoms in total. The molecule has 0 N–H and O–H groups in total. The summed E-state index contributed by atoms with van der Waals surface area (Å²) in [6.45, 7) is 13.9. The molecule has 0 saturated heterocycles. The molecule has 3 heteroatoms. The van der Waals surface area contributed by atoms with Crippen molar-refractivity contribution in [2.75, 3.05) is 0 Å². The second kappa shape index (κ2) is 12.5. The van der Waals surface area contributed by atoms with Crippen molar-refractivity contribution in [2.45, 2.75) is 41.5 Å². The summed E-state index contributed by atoms with van der Waals surface area (Å²) in [5, 5.41) is 7.99. The molecule has 3 heterocycles. The van der Waals surface area contributed by atoms with Gasteiger partial charge in [0.05, 0.1) is 11.0 Å². The zero-order chi connectivity index (χ0) is 39.8. The molecule has 0 fully saturated rings. The normalized spacial score (nSPS) is 12.8. The average Bonchev–Trinajstić information content (AvgIpc) is 3.60. The van der Waals surface area contributed by atoms with Crippen LogP contribution in [0.2, 0.25) is 0 Å². The van der Waals surface area contributed by atoms with Crippen molar-refractivity contribution in [1.82, 2.24) is 4.57 Å². The highest BCUT2D eigenvalue weighted by molar-refractivity contribution is 7.03. The number of benzene rings is 9. The summed E-state index contributed by atoms with van der Waals surface area (Å²) >= 11 is 0. The average molecular weight is 752 g/mol. The van der Waals surface area contributed by atoms with Gasteiger partial charge in [-0.2, -0.15) is 0 Å². The lowest BCUT2D eigenvalue weighted by atomic mass is 9.29. The zero-order valence-electron chi connectivity index (χ0n) is 34.5. The zero-order valence-corrected chi connectivity index (χ0v) is 34.5. The van der Waals surface area contributed by atoms with Gasteiger partial charge in [-0.05, 0) is 107 Å². The van der Waals surface area contributed by atoms with Crippen molar-refractivity contribution >= 4 is 89.6 Å². The van der Waals surface area contributed by atoms with Gasteiger partial charge >= 0.3 is 0 Å². The molecule has 0 radical (unpaired) electrons. The maximum absolute atomic E-state index is 2.77. The molecule has 0 unspecified atom stereocenters. The summed E-state index contributed by atoms with van der Waals surface area (Å²) in [6.07, 6.45) is 0. The van der Waals surface area contributed by atoms with Crippen LogP contribution in [0.1, 0.15) is 33.4 Å². The highest BCUT2D eigenvalue weighted by Gasteiger charge is 2.46. The van der Waals surface area contributed by atoms with E-state index in [2.05, 4.69) is 198 Å². The van der Waals surface area contributed by atoms with E-state index >= 15 is 0 Å². The first-order valence-corrected chi connectivity index (χ1v) is 21.2. The summed E-state index contributed by atoms with van der Waals surface area (Å²) in [7, 11) is 0. The molecule has 9 aromatic carbocycles. The molecule has 0 bridgehead atoms. The van der Waals surface area contributed by atoms with Crippen molar-refractivity contribution in [3.63, 3.8) is 0 Å². The van der Waals surface area contributed by atoms with Gasteiger partial charge in [0.25, 0.3) is 0 Å². The van der Waals surface area contributed by atoms with Crippen LogP contribution in [-0.4, -0.2) is 18.0 Å². The van der Waals surface area contributed by atoms with Gasteiger partial charge in [0, 0.05) is 16.5 Å². The molecular formula is C56H43B2N. The minimum Gasteiger partial charge on any atom is -0.311 e. The third kappa shape index (κ3) is 4.59. The van der Waals surface area contributed by atoms with Crippen molar-refractivity contribution in [3.05, 3.63) is 185 Å². The van der Waals surface area contributed by atoms with Gasteiger partial charge in [-0.25, -0.2) is 0 Å². The van der Waals surface area contributed by atoms with Crippen LogP contribution in [-0.2, 0) is 0 Å². The molecule has 278 valence electrons. The minimum absolute atomic E-state index is 0.0203. The lowest BCUT2D eigenvalue weighted by Crippen LogP contribution is -2.64. The van der Waals surface area contributed by atoms with Crippen LogP contribution >= 0.6 is 0 Å². The van der Waals surface area contributed by atoms with E-state index in [-0.39, 0.29) is 13.4 Å². The van der Waals surface area contributed by atoms with E-state index in [9.17, 15) is 0 Å². The molecule has 1 aromatic heterocycles. The van der Waals surface area contributed by atoms with E-state index in [0.717, 1.165) is 0 Å². The molecule has 12 rings (SSSR count). The van der Waals surface area contributed by atoms with E-state index in [1.807, 2.05) is 0 Å². The fourth-order valence-electron chi connectivity index (χ4n) is 12.1. The minimum atomic E-state index is 0.0203. The third-order valence-corrected chi connectivity index (χ3v) is 13.9. The quantitative estimate of drug-likeness (QED) is 0.158. The molecule has 59 heavy (non-hydrogen) atoms. The summed E-state index contributed by atoms with van der Waals surface area (Å²) in [4.78, 5) is 0. The number of nitrogens with zero attached hydrogens (tertiary/aromatic N) is 1. The van der Waals surface area contributed by atoms with E-state index in [1.165, 1.54) is 137 Å². The second-order valence-corrected chi connectivity index (χ2v) is 17.5. The van der Waals surface area contributed by atoms with Gasteiger partial charge in [0.1, 0.15) is 0 Å². The number of hydrogen-bond donors (Lipinski definition) is 0. The van der Waals surface area contributed by atoms with Crippen molar-refractivity contribution in [1.29, 1.82) is 0 Å². The third-order valence-electron chi connectivity index (χ3n) is 13.9. The van der Waals surface area contributed by atoms with Crippen LogP contribution in [0.25, 0.3) is 71.3 Å². The summed E-state index contributed by atoms with van der Waals surface area (Å²) in [5.74, 6) is 0. The Morgan fingerprint density at radius 1 is 0.356 bits per heavy atom. The fourth-order valence-corrected chi connectivity index (χ4v) is 12.1. The van der Waals surface area contributed by atoms with E-state index in [4.69, 9.17) is 0 Å².